The van der Waals surface area contributed by atoms with Crippen molar-refractivity contribution in [3.8, 4) is 0 Å². The monoisotopic (exact) mass is 316 g/mol. The number of carbonyl (C=O) groups excluding carboxylic acids is 1. The van der Waals surface area contributed by atoms with E-state index in [0.717, 1.165) is 25.1 Å². The predicted octanol–water partition coefficient (Wildman–Crippen LogP) is 2.66. The highest BCUT2D eigenvalue weighted by Gasteiger charge is 2.31. The number of nitrogens with one attached hydrogen (secondary N) is 2. The molecule has 2 heterocycles. The number of hydrogen-bond donors (Lipinski definition) is 2. The molecule has 0 saturated carbocycles. The Balaban J connectivity index is 1.52. The summed E-state index contributed by atoms with van der Waals surface area (Å²) in [6.07, 6.45) is 3.89. The van der Waals surface area contributed by atoms with Gasteiger partial charge in [-0.3, -0.25) is 4.79 Å². The highest BCUT2D eigenvalue weighted by atomic mass is 16.5. The maximum absolute atomic E-state index is 12.4. The molecule has 0 bridgehead atoms. The summed E-state index contributed by atoms with van der Waals surface area (Å²) in [4.78, 5) is 12.4. The van der Waals surface area contributed by atoms with Gasteiger partial charge in [-0.1, -0.05) is 37.3 Å². The van der Waals surface area contributed by atoms with Crippen molar-refractivity contribution in [2.45, 2.75) is 44.8 Å². The van der Waals surface area contributed by atoms with E-state index in [0.29, 0.717) is 24.9 Å². The number of rotatable bonds is 5. The van der Waals surface area contributed by atoms with Gasteiger partial charge in [-0.05, 0) is 49.8 Å². The molecule has 3 atom stereocenters. The highest BCUT2D eigenvalue weighted by molar-refractivity contribution is 5.76. The van der Waals surface area contributed by atoms with Crippen LogP contribution in [0.5, 0.6) is 0 Å². The van der Waals surface area contributed by atoms with Gasteiger partial charge in [-0.2, -0.15) is 0 Å². The summed E-state index contributed by atoms with van der Waals surface area (Å²) < 4.78 is 5.85. The fourth-order valence-electron chi connectivity index (χ4n) is 3.85. The van der Waals surface area contributed by atoms with Crippen LogP contribution in [0.3, 0.4) is 0 Å². The lowest BCUT2D eigenvalue weighted by molar-refractivity contribution is -0.123. The molecule has 2 fully saturated rings. The van der Waals surface area contributed by atoms with Crippen LogP contribution in [0.2, 0.25) is 0 Å². The lowest BCUT2D eigenvalue weighted by atomic mass is 9.84. The molecule has 23 heavy (non-hydrogen) atoms. The van der Waals surface area contributed by atoms with Crippen molar-refractivity contribution in [1.82, 2.24) is 10.6 Å². The van der Waals surface area contributed by atoms with Gasteiger partial charge >= 0.3 is 0 Å². The lowest BCUT2D eigenvalue weighted by Crippen LogP contribution is -2.39. The Bertz CT molecular complexity index is 499. The first-order valence-electron chi connectivity index (χ1n) is 8.90. The van der Waals surface area contributed by atoms with Gasteiger partial charge in [-0.25, -0.2) is 0 Å². The maximum Gasteiger partial charge on any atom is 0.220 e. The van der Waals surface area contributed by atoms with E-state index in [9.17, 15) is 4.79 Å². The topological polar surface area (TPSA) is 50.4 Å². The van der Waals surface area contributed by atoms with E-state index in [1.165, 1.54) is 12.8 Å². The van der Waals surface area contributed by atoms with Crippen molar-refractivity contribution >= 4 is 5.91 Å². The smallest absolute Gasteiger partial charge is 0.220 e. The molecule has 0 aromatic heterocycles. The number of amides is 1. The van der Waals surface area contributed by atoms with Crippen LogP contribution in [0.25, 0.3) is 0 Å². The van der Waals surface area contributed by atoms with E-state index in [2.05, 4.69) is 29.7 Å². The Morgan fingerprint density at radius 1 is 1.26 bits per heavy atom. The second-order valence-corrected chi connectivity index (χ2v) is 6.93. The first-order chi connectivity index (χ1) is 11.2. The number of piperidine rings is 1. The van der Waals surface area contributed by atoms with E-state index in [4.69, 9.17) is 4.74 Å². The molecular formula is C19H28N2O2. The summed E-state index contributed by atoms with van der Waals surface area (Å²) in [6.45, 7) is 5.11. The average molecular weight is 316 g/mol. The Morgan fingerprint density at radius 2 is 2.00 bits per heavy atom. The zero-order chi connectivity index (χ0) is 16.1. The third-order valence-electron chi connectivity index (χ3n) is 5.26. The van der Waals surface area contributed by atoms with Gasteiger partial charge in [0.25, 0.3) is 0 Å². The molecule has 2 N–H and O–H groups in total. The number of carbonyl (C=O) groups is 1. The van der Waals surface area contributed by atoms with Gasteiger partial charge in [0.1, 0.15) is 6.10 Å². The van der Waals surface area contributed by atoms with Crippen LogP contribution < -0.4 is 10.6 Å². The van der Waals surface area contributed by atoms with Crippen LogP contribution in [0.4, 0.5) is 0 Å². The Morgan fingerprint density at radius 3 is 2.74 bits per heavy atom. The molecule has 4 nitrogen and oxygen atoms in total. The molecular weight excluding hydrogens is 288 g/mol. The minimum Gasteiger partial charge on any atom is -0.371 e. The summed E-state index contributed by atoms with van der Waals surface area (Å²) in [7, 11) is 0. The van der Waals surface area contributed by atoms with Gasteiger partial charge in [0.05, 0.1) is 6.04 Å². The molecule has 2 aliphatic rings. The van der Waals surface area contributed by atoms with Gasteiger partial charge < -0.3 is 15.4 Å². The summed E-state index contributed by atoms with van der Waals surface area (Å²) in [5, 5.41) is 6.61. The number of benzene rings is 1. The fourth-order valence-corrected chi connectivity index (χ4v) is 3.85. The van der Waals surface area contributed by atoms with Crippen molar-refractivity contribution in [2.24, 2.45) is 11.8 Å². The maximum atomic E-state index is 12.4. The molecule has 0 aliphatic carbocycles. The number of hydrogen-bond acceptors (Lipinski definition) is 3. The lowest BCUT2D eigenvalue weighted by Gasteiger charge is -2.28. The molecule has 2 aliphatic heterocycles. The minimum absolute atomic E-state index is 0.00524. The van der Waals surface area contributed by atoms with E-state index in [1.54, 1.807) is 0 Å². The Labute approximate surface area is 139 Å². The van der Waals surface area contributed by atoms with Crippen LogP contribution in [0, 0.1) is 11.8 Å². The van der Waals surface area contributed by atoms with Crippen molar-refractivity contribution in [2.75, 3.05) is 19.7 Å². The fraction of sp³-hybridized carbons (Fsp3) is 0.632. The third-order valence-corrected chi connectivity index (χ3v) is 5.26. The van der Waals surface area contributed by atoms with Crippen molar-refractivity contribution in [3.63, 3.8) is 0 Å². The summed E-state index contributed by atoms with van der Waals surface area (Å²) in [5.74, 6) is 1.30. The molecule has 1 aromatic carbocycles. The SMILES string of the molecule is CC(CC(=O)NC1CCOC1c1ccccc1)C1CCNCC1. The van der Waals surface area contributed by atoms with Crippen LogP contribution in [-0.2, 0) is 9.53 Å². The molecule has 1 amide bonds. The molecule has 1 aromatic rings. The molecule has 3 unspecified atom stereocenters. The van der Waals surface area contributed by atoms with Crippen LogP contribution in [0.15, 0.2) is 30.3 Å². The van der Waals surface area contributed by atoms with Crippen molar-refractivity contribution in [3.05, 3.63) is 35.9 Å². The quantitative estimate of drug-likeness (QED) is 0.878. The minimum atomic E-state index is -0.00524. The zero-order valence-electron chi connectivity index (χ0n) is 14.0. The largest absolute Gasteiger partial charge is 0.371 e. The van der Waals surface area contributed by atoms with Gasteiger partial charge in [0.2, 0.25) is 5.91 Å². The molecule has 0 radical (unpaired) electrons. The summed E-state index contributed by atoms with van der Waals surface area (Å²) in [6, 6.07) is 10.3. The van der Waals surface area contributed by atoms with Crippen molar-refractivity contribution < 1.29 is 9.53 Å². The van der Waals surface area contributed by atoms with Gasteiger partial charge in [0, 0.05) is 13.0 Å². The summed E-state index contributed by atoms with van der Waals surface area (Å²) >= 11 is 0. The summed E-state index contributed by atoms with van der Waals surface area (Å²) in [5.41, 5.74) is 1.15. The normalized spacial score (nSPS) is 26.8. The number of ether oxygens (including phenoxy) is 1. The predicted molar refractivity (Wildman–Crippen MR) is 91.1 cm³/mol. The first kappa shape index (κ1) is 16.5. The first-order valence-corrected chi connectivity index (χ1v) is 8.90. The molecule has 3 rings (SSSR count). The van der Waals surface area contributed by atoms with Crippen molar-refractivity contribution in [1.29, 1.82) is 0 Å². The Hall–Kier alpha value is -1.39. The molecule has 126 valence electrons. The third kappa shape index (κ3) is 4.33. The van der Waals surface area contributed by atoms with E-state index in [-0.39, 0.29) is 18.1 Å². The average Bonchev–Trinajstić information content (AvgIpc) is 3.04. The van der Waals surface area contributed by atoms with Gasteiger partial charge in [0.15, 0.2) is 0 Å². The van der Waals surface area contributed by atoms with Crippen LogP contribution >= 0.6 is 0 Å². The second-order valence-electron chi connectivity index (χ2n) is 6.93. The second kappa shape index (κ2) is 7.93. The Kier molecular flexibility index (Phi) is 5.68. The zero-order valence-corrected chi connectivity index (χ0v) is 14.0. The highest BCUT2D eigenvalue weighted by Crippen LogP contribution is 2.30. The molecule has 4 heteroatoms. The van der Waals surface area contributed by atoms with Crippen LogP contribution in [-0.4, -0.2) is 31.6 Å². The van der Waals surface area contributed by atoms with Gasteiger partial charge in [-0.15, -0.1) is 0 Å². The van der Waals surface area contributed by atoms with E-state index < -0.39 is 0 Å². The molecule has 2 saturated heterocycles. The standard InChI is InChI=1S/C19H28N2O2/c1-14(15-7-10-20-11-8-15)13-18(22)21-17-9-12-23-19(17)16-5-3-2-4-6-16/h2-6,14-15,17,19-20H,7-13H2,1H3,(H,21,22). The molecule has 0 spiro atoms. The van der Waals surface area contributed by atoms with E-state index in [1.807, 2.05) is 18.2 Å². The van der Waals surface area contributed by atoms with E-state index >= 15 is 0 Å². The van der Waals surface area contributed by atoms with Crippen LogP contribution in [0.1, 0.15) is 44.3 Å².